The summed E-state index contributed by atoms with van der Waals surface area (Å²) >= 11 is 0. The fraction of sp³-hybridized carbons (Fsp3) is 0.300. The first kappa shape index (κ1) is 13.7. The Kier molecular flexibility index (Phi) is 3.17. The zero-order valence-electron chi connectivity index (χ0n) is 9.68. The molecule has 2 rings (SSSR count). The molecule has 5 nitrogen and oxygen atoms in total. The van der Waals surface area contributed by atoms with Gasteiger partial charge in [-0.05, 0) is 19.1 Å². The first-order chi connectivity index (χ1) is 8.74. The van der Waals surface area contributed by atoms with Crippen LogP contribution in [0.4, 0.5) is 13.2 Å². The number of benzene rings is 1. The van der Waals surface area contributed by atoms with Gasteiger partial charge in [0.15, 0.2) is 5.58 Å². The Labute approximate surface area is 106 Å². The van der Waals surface area contributed by atoms with Gasteiger partial charge in [-0.2, -0.15) is 3.97 Å². The van der Waals surface area contributed by atoms with Crippen LogP contribution in [0.1, 0.15) is 6.92 Å². The van der Waals surface area contributed by atoms with Crippen LogP contribution in [0.5, 0.6) is 0 Å². The Balaban J connectivity index is 2.93. The van der Waals surface area contributed by atoms with Crippen LogP contribution in [0.25, 0.3) is 11.1 Å². The van der Waals surface area contributed by atoms with Gasteiger partial charge in [0.25, 0.3) is 0 Å². The molecule has 1 heterocycles. The molecule has 0 amide bonds. The molecular weight excluding hydrogens is 285 g/mol. The van der Waals surface area contributed by atoms with E-state index in [9.17, 15) is 21.6 Å². The Hall–Kier alpha value is -1.77. The molecule has 0 saturated heterocycles. The number of nitrogens with zero attached hydrogens (tertiary/aromatic N) is 2. The second-order valence-electron chi connectivity index (χ2n) is 3.60. The van der Waals surface area contributed by atoms with Crippen LogP contribution in [0.3, 0.4) is 0 Å². The third-order valence-electron chi connectivity index (χ3n) is 2.32. The van der Waals surface area contributed by atoms with Gasteiger partial charge in [-0.3, -0.25) is 0 Å². The second-order valence-corrected chi connectivity index (χ2v) is 5.70. The van der Waals surface area contributed by atoms with Crippen LogP contribution in [0, 0.1) is 0 Å². The lowest BCUT2D eigenvalue weighted by atomic mass is 10.3. The molecule has 2 aromatic rings. The first-order valence-electron chi connectivity index (χ1n) is 5.21. The predicted molar refractivity (Wildman–Crippen MR) is 60.7 cm³/mol. The molecule has 0 unspecified atom stereocenters. The molecule has 0 aliphatic carbocycles. The van der Waals surface area contributed by atoms with Crippen molar-refractivity contribution in [2.24, 2.45) is 4.99 Å². The lowest BCUT2D eigenvalue weighted by Gasteiger charge is -2.03. The first-order valence-corrected chi connectivity index (χ1v) is 6.82. The molecule has 9 heteroatoms. The summed E-state index contributed by atoms with van der Waals surface area (Å²) in [7, 11) is -3.96. The van der Waals surface area contributed by atoms with E-state index in [0.717, 1.165) is 0 Å². The molecule has 0 radical (unpaired) electrons. The maximum absolute atomic E-state index is 12.3. The largest absolute Gasteiger partial charge is 0.507 e. The summed E-state index contributed by atoms with van der Waals surface area (Å²) in [6, 6.07) is 5.73. The Morgan fingerprint density at radius 1 is 1.32 bits per heavy atom. The molecule has 1 aromatic carbocycles. The van der Waals surface area contributed by atoms with E-state index in [0.29, 0.717) is 3.97 Å². The third-order valence-corrected chi connectivity index (χ3v) is 3.96. The molecule has 1 aromatic heterocycles. The molecule has 0 saturated carbocycles. The van der Waals surface area contributed by atoms with E-state index in [4.69, 9.17) is 4.42 Å². The number of hydrogen-bond acceptors (Lipinski definition) is 4. The molecule has 0 fully saturated rings. The molecule has 0 bridgehead atoms. The standard InChI is InChI=1S/C10H9F3N2O3S/c1-2-19(16,17)15-7-5-3-4-6-8(7)18-9(15)14-10(11,12)13/h3-6H,2H2,1H3. The van der Waals surface area contributed by atoms with Gasteiger partial charge in [0.1, 0.15) is 5.52 Å². The highest BCUT2D eigenvalue weighted by molar-refractivity contribution is 7.90. The van der Waals surface area contributed by atoms with Crippen molar-refractivity contribution in [1.29, 1.82) is 0 Å². The topological polar surface area (TPSA) is 64.6 Å². The summed E-state index contributed by atoms with van der Waals surface area (Å²) in [6.45, 7) is 1.32. The summed E-state index contributed by atoms with van der Waals surface area (Å²) < 4.78 is 66.0. The van der Waals surface area contributed by atoms with E-state index >= 15 is 0 Å². The van der Waals surface area contributed by atoms with Crippen molar-refractivity contribution in [3.05, 3.63) is 29.9 Å². The molecular formula is C10H9F3N2O3S. The summed E-state index contributed by atoms with van der Waals surface area (Å²) in [6.07, 6.45) is -4.92. The number of oxazole rings is 1. The third kappa shape index (κ3) is 2.65. The molecule has 104 valence electrons. The van der Waals surface area contributed by atoms with Crippen LogP contribution < -0.4 is 5.68 Å². The smallest absolute Gasteiger partial charge is 0.423 e. The van der Waals surface area contributed by atoms with Crippen LogP contribution in [-0.2, 0) is 10.0 Å². The Morgan fingerprint density at radius 2 is 1.95 bits per heavy atom. The van der Waals surface area contributed by atoms with Gasteiger partial charge >= 0.3 is 12.0 Å². The van der Waals surface area contributed by atoms with Crippen LogP contribution in [0.15, 0.2) is 33.7 Å². The predicted octanol–water partition coefficient (Wildman–Crippen LogP) is 1.85. The maximum Gasteiger partial charge on any atom is 0.507 e. The van der Waals surface area contributed by atoms with Crippen molar-refractivity contribution in [3.63, 3.8) is 0 Å². The van der Waals surface area contributed by atoms with E-state index in [1.807, 2.05) is 0 Å². The van der Waals surface area contributed by atoms with Crippen molar-refractivity contribution in [2.75, 3.05) is 5.75 Å². The van der Waals surface area contributed by atoms with Gasteiger partial charge in [-0.25, -0.2) is 8.42 Å². The average Bonchev–Trinajstić information content (AvgIpc) is 2.64. The monoisotopic (exact) mass is 294 g/mol. The number of halogens is 3. The van der Waals surface area contributed by atoms with Gasteiger partial charge in [0.05, 0.1) is 5.75 Å². The molecule has 0 N–H and O–H groups in total. The zero-order valence-corrected chi connectivity index (χ0v) is 10.5. The number of alkyl halides is 3. The SMILES string of the molecule is CCS(=O)(=O)n1c(=NC(F)(F)F)oc2ccccc21. The molecule has 0 aliphatic heterocycles. The van der Waals surface area contributed by atoms with Gasteiger partial charge in [0, 0.05) is 0 Å². The van der Waals surface area contributed by atoms with Gasteiger partial charge in [0.2, 0.25) is 10.0 Å². The van der Waals surface area contributed by atoms with Crippen molar-refractivity contribution in [1.82, 2.24) is 3.97 Å². The molecule has 0 aliphatic rings. The molecule has 0 atom stereocenters. The number of fused-ring (bicyclic) bond motifs is 1. The molecule has 19 heavy (non-hydrogen) atoms. The Morgan fingerprint density at radius 3 is 2.53 bits per heavy atom. The van der Waals surface area contributed by atoms with Crippen LogP contribution in [0.2, 0.25) is 0 Å². The zero-order chi connectivity index (χ0) is 14.3. The molecule has 0 spiro atoms. The van der Waals surface area contributed by atoms with Gasteiger partial charge in [-0.1, -0.05) is 12.1 Å². The summed E-state index contributed by atoms with van der Waals surface area (Å²) in [5, 5.41) is 0. The van der Waals surface area contributed by atoms with Crippen molar-refractivity contribution in [2.45, 2.75) is 13.2 Å². The number of hydrogen-bond donors (Lipinski definition) is 0. The number of aromatic nitrogens is 1. The summed E-state index contributed by atoms with van der Waals surface area (Å²) in [4.78, 5) is 2.36. The highest BCUT2D eigenvalue weighted by atomic mass is 32.2. The summed E-state index contributed by atoms with van der Waals surface area (Å²) in [5.74, 6) is -0.373. The number of para-hydroxylation sites is 2. The number of rotatable bonds is 2. The average molecular weight is 294 g/mol. The highest BCUT2D eigenvalue weighted by Crippen LogP contribution is 2.18. The normalized spacial score (nSPS) is 14.2. The quantitative estimate of drug-likeness (QED) is 0.794. The second kappa shape index (κ2) is 4.41. The lowest BCUT2D eigenvalue weighted by Crippen LogP contribution is -2.28. The maximum atomic E-state index is 12.3. The Bertz CT molecular complexity index is 771. The minimum absolute atomic E-state index is 0.0162. The fourth-order valence-corrected chi connectivity index (χ4v) is 2.55. The van der Waals surface area contributed by atoms with E-state index in [1.54, 1.807) is 0 Å². The van der Waals surface area contributed by atoms with Gasteiger partial charge in [-0.15, -0.1) is 18.2 Å². The van der Waals surface area contributed by atoms with E-state index < -0.39 is 22.0 Å². The van der Waals surface area contributed by atoms with E-state index in [2.05, 4.69) is 4.99 Å². The van der Waals surface area contributed by atoms with Crippen molar-refractivity contribution in [3.8, 4) is 0 Å². The van der Waals surface area contributed by atoms with Crippen LogP contribution in [-0.4, -0.2) is 24.4 Å². The van der Waals surface area contributed by atoms with Crippen molar-refractivity contribution < 1.29 is 26.0 Å². The minimum Gasteiger partial charge on any atom is -0.423 e. The highest BCUT2D eigenvalue weighted by Gasteiger charge is 2.29. The van der Waals surface area contributed by atoms with E-state index in [-0.39, 0.29) is 16.9 Å². The summed E-state index contributed by atoms with van der Waals surface area (Å²) in [5.41, 5.74) is -0.967. The lowest BCUT2D eigenvalue weighted by molar-refractivity contribution is -0.125. The van der Waals surface area contributed by atoms with Gasteiger partial charge < -0.3 is 4.42 Å². The van der Waals surface area contributed by atoms with E-state index in [1.165, 1.54) is 31.2 Å². The minimum atomic E-state index is -4.92. The van der Waals surface area contributed by atoms with Crippen molar-refractivity contribution >= 4 is 21.1 Å². The van der Waals surface area contributed by atoms with Crippen LogP contribution >= 0.6 is 0 Å². The fourth-order valence-electron chi connectivity index (χ4n) is 1.53.